The van der Waals surface area contributed by atoms with Crippen LogP contribution in [0.5, 0.6) is 0 Å². The van der Waals surface area contributed by atoms with E-state index in [1.54, 1.807) is 7.05 Å². The lowest BCUT2D eigenvalue weighted by molar-refractivity contribution is -0.119. The lowest BCUT2D eigenvalue weighted by Crippen LogP contribution is -2.28. The van der Waals surface area contributed by atoms with Crippen molar-refractivity contribution in [1.82, 2.24) is 20.1 Å². The van der Waals surface area contributed by atoms with Gasteiger partial charge in [-0.3, -0.25) is 10.1 Å². The van der Waals surface area contributed by atoms with E-state index in [9.17, 15) is 4.79 Å². The maximum absolute atomic E-state index is 11.4. The van der Waals surface area contributed by atoms with Crippen LogP contribution in [-0.2, 0) is 4.79 Å². The van der Waals surface area contributed by atoms with E-state index < -0.39 is 0 Å². The van der Waals surface area contributed by atoms with Gasteiger partial charge in [0.15, 0.2) is 0 Å². The Morgan fingerprint density at radius 1 is 1.69 bits per heavy atom. The van der Waals surface area contributed by atoms with Gasteiger partial charge in [0.1, 0.15) is 0 Å². The molecule has 0 aromatic carbocycles. The molecular weight excluding hydrogens is 190 g/mol. The number of aromatic nitrogens is 3. The van der Waals surface area contributed by atoms with Crippen LogP contribution in [0, 0.1) is 5.92 Å². The molecule has 2 N–H and O–H groups in total. The van der Waals surface area contributed by atoms with Gasteiger partial charge >= 0.3 is 0 Å². The molecule has 1 unspecified atom stereocenters. The summed E-state index contributed by atoms with van der Waals surface area (Å²) in [6, 6.07) is 0. The average Bonchev–Trinajstić information content (AvgIpc) is 2.57. The zero-order valence-corrected chi connectivity index (χ0v) is 8.26. The second-order valence-electron chi connectivity index (χ2n) is 2.62. The summed E-state index contributed by atoms with van der Waals surface area (Å²) in [5.41, 5.74) is 0. The second kappa shape index (κ2) is 4.83. The Labute approximate surface area is 79.9 Å². The lowest BCUT2D eigenvalue weighted by atomic mass is 10.2. The predicted octanol–water partition coefficient (Wildman–Crippen LogP) is -0.273. The molecule has 0 saturated carbocycles. The molecule has 0 aliphatic rings. The first-order valence-electron chi connectivity index (χ1n) is 3.84. The summed E-state index contributed by atoms with van der Waals surface area (Å²) < 4.78 is 3.53. The molecule has 0 aliphatic heterocycles. The summed E-state index contributed by atoms with van der Waals surface area (Å²) in [4.78, 5) is 11.4. The van der Waals surface area contributed by atoms with Gasteiger partial charge in [-0.1, -0.05) is 16.5 Å². The van der Waals surface area contributed by atoms with Gasteiger partial charge in [0, 0.05) is 24.0 Å². The van der Waals surface area contributed by atoms with Crippen LogP contribution in [0.15, 0.2) is 0 Å². The van der Waals surface area contributed by atoms with Gasteiger partial charge in [-0.2, -0.15) is 0 Å². The molecule has 1 amide bonds. The largest absolute Gasteiger partial charge is 0.319 e. The fourth-order valence-corrected chi connectivity index (χ4v) is 1.18. The van der Waals surface area contributed by atoms with Gasteiger partial charge in [-0.25, -0.2) is 0 Å². The molecule has 1 atom stereocenters. The van der Waals surface area contributed by atoms with Gasteiger partial charge < -0.3 is 5.32 Å². The minimum atomic E-state index is -0.0890. The summed E-state index contributed by atoms with van der Waals surface area (Å²) in [6.45, 7) is 2.47. The highest BCUT2D eigenvalue weighted by molar-refractivity contribution is 7.09. The maximum Gasteiger partial charge on any atom is 0.231 e. The molecule has 1 aromatic rings. The van der Waals surface area contributed by atoms with Crippen molar-refractivity contribution in [2.24, 2.45) is 5.92 Å². The summed E-state index contributed by atoms with van der Waals surface area (Å²) in [5, 5.41) is 12.9. The molecule has 7 heteroatoms. The number of carbonyl (C=O) groups excluding carboxylic acids is 1. The maximum atomic E-state index is 11.4. The average molecular weight is 201 g/mol. The first-order chi connectivity index (χ1) is 6.24. The minimum absolute atomic E-state index is 0.0760. The molecule has 1 aromatic heterocycles. The van der Waals surface area contributed by atoms with Crippen LogP contribution in [0.3, 0.4) is 0 Å². The van der Waals surface area contributed by atoms with E-state index in [0.29, 0.717) is 11.7 Å². The molecule has 0 bridgehead atoms. The Kier molecular flexibility index (Phi) is 3.71. The topological polar surface area (TPSA) is 79.8 Å². The number of hydrogen-bond donors (Lipinski definition) is 2. The summed E-state index contributed by atoms with van der Waals surface area (Å²) in [5.74, 6) is -0.165. The molecule has 0 fully saturated rings. The van der Waals surface area contributed by atoms with E-state index in [-0.39, 0.29) is 11.8 Å². The van der Waals surface area contributed by atoms with Crippen LogP contribution >= 0.6 is 11.5 Å². The number of nitrogens with zero attached hydrogens (tertiary/aromatic N) is 3. The van der Waals surface area contributed by atoms with Crippen molar-refractivity contribution in [2.45, 2.75) is 6.92 Å². The van der Waals surface area contributed by atoms with Crippen molar-refractivity contribution in [3.63, 3.8) is 0 Å². The van der Waals surface area contributed by atoms with E-state index in [2.05, 4.69) is 25.4 Å². The first-order valence-corrected chi connectivity index (χ1v) is 4.62. The highest BCUT2D eigenvalue weighted by Gasteiger charge is 2.13. The Morgan fingerprint density at radius 3 is 3.00 bits per heavy atom. The minimum Gasteiger partial charge on any atom is -0.319 e. The molecular formula is C6H11N5OS. The lowest BCUT2D eigenvalue weighted by Gasteiger charge is -2.08. The highest BCUT2D eigenvalue weighted by atomic mass is 32.1. The summed E-state index contributed by atoms with van der Waals surface area (Å²) in [7, 11) is 1.80. The number of nitrogens with one attached hydrogen (secondary N) is 2. The number of hydrogen-bond acceptors (Lipinski definition) is 6. The molecule has 72 valence electrons. The monoisotopic (exact) mass is 201 g/mol. The van der Waals surface area contributed by atoms with E-state index in [4.69, 9.17) is 0 Å². The normalized spacial score (nSPS) is 12.5. The van der Waals surface area contributed by atoms with Gasteiger partial charge in [-0.05, 0) is 12.3 Å². The molecule has 0 saturated heterocycles. The van der Waals surface area contributed by atoms with Crippen molar-refractivity contribution >= 4 is 22.6 Å². The van der Waals surface area contributed by atoms with Crippen LogP contribution in [-0.4, -0.2) is 34.3 Å². The van der Waals surface area contributed by atoms with Gasteiger partial charge in [0.25, 0.3) is 0 Å². The predicted molar refractivity (Wildman–Crippen MR) is 49.4 cm³/mol. The third-order valence-corrected chi connectivity index (χ3v) is 2.00. The molecule has 0 radical (unpaired) electrons. The number of amides is 1. The molecule has 6 nitrogen and oxygen atoms in total. The summed E-state index contributed by atoms with van der Waals surface area (Å²) >= 11 is 1.06. The second-order valence-corrected chi connectivity index (χ2v) is 3.35. The van der Waals surface area contributed by atoms with Crippen LogP contribution in [0.2, 0.25) is 0 Å². The molecule has 1 heterocycles. The number of carbonyl (C=O) groups is 1. The Hall–Kier alpha value is -1.08. The van der Waals surface area contributed by atoms with Crippen LogP contribution in [0.25, 0.3) is 0 Å². The Balaban J connectivity index is 2.41. The van der Waals surface area contributed by atoms with Crippen LogP contribution in [0.1, 0.15) is 6.92 Å². The smallest absolute Gasteiger partial charge is 0.231 e. The standard InChI is InChI=1S/C6H11N5OS/c1-4(3-7-2)5(12)8-6-9-10-11-13-6/h4,7H,3H2,1-2H3,(H,8,9,11,12). The van der Waals surface area contributed by atoms with E-state index in [1.807, 2.05) is 6.92 Å². The first kappa shape index (κ1) is 10.0. The molecule has 13 heavy (non-hydrogen) atoms. The Bertz CT molecular complexity index is 262. The number of rotatable bonds is 4. The van der Waals surface area contributed by atoms with Gasteiger partial charge in [0.2, 0.25) is 11.0 Å². The van der Waals surface area contributed by atoms with Gasteiger partial charge in [-0.15, -0.1) is 0 Å². The zero-order valence-electron chi connectivity index (χ0n) is 7.44. The Morgan fingerprint density at radius 2 is 2.46 bits per heavy atom. The molecule has 0 spiro atoms. The highest BCUT2D eigenvalue weighted by Crippen LogP contribution is 2.06. The fraction of sp³-hybridized carbons (Fsp3) is 0.667. The quantitative estimate of drug-likeness (QED) is 0.700. The van der Waals surface area contributed by atoms with Gasteiger partial charge in [0.05, 0.1) is 0 Å². The SMILES string of the molecule is CNCC(C)C(=O)Nc1nnns1. The van der Waals surface area contributed by atoms with Crippen molar-refractivity contribution in [3.8, 4) is 0 Å². The van der Waals surface area contributed by atoms with Crippen molar-refractivity contribution in [3.05, 3.63) is 0 Å². The van der Waals surface area contributed by atoms with Crippen molar-refractivity contribution < 1.29 is 4.79 Å². The van der Waals surface area contributed by atoms with Crippen LogP contribution < -0.4 is 10.6 Å². The fourth-order valence-electron chi connectivity index (χ4n) is 0.809. The zero-order chi connectivity index (χ0) is 9.68. The van der Waals surface area contributed by atoms with Crippen LogP contribution in [0.4, 0.5) is 5.13 Å². The third kappa shape index (κ3) is 3.03. The molecule has 0 aliphatic carbocycles. The van der Waals surface area contributed by atoms with Crippen molar-refractivity contribution in [1.29, 1.82) is 0 Å². The van der Waals surface area contributed by atoms with E-state index in [0.717, 1.165) is 11.5 Å². The summed E-state index contributed by atoms with van der Waals surface area (Å²) in [6.07, 6.45) is 0. The van der Waals surface area contributed by atoms with E-state index in [1.165, 1.54) is 0 Å². The number of anilines is 1. The molecule has 1 rings (SSSR count). The van der Waals surface area contributed by atoms with Crippen molar-refractivity contribution in [2.75, 3.05) is 18.9 Å². The third-order valence-electron chi connectivity index (χ3n) is 1.49. The van der Waals surface area contributed by atoms with E-state index >= 15 is 0 Å².